The van der Waals surface area contributed by atoms with Gasteiger partial charge in [0.25, 0.3) is 0 Å². The van der Waals surface area contributed by atoms with Crippen LogP contribution in [0.4, 0.5) is 17.3 Å². The summed E-state index contributed by atoms with van der Waals surface area (Å²) in [6.07, 6.45) is 2.45. The Balaban J connectivity index is 2.22. The molecule has 19 heavy (non-hydrogen) atoms. The summed E-state index contributed by atoms with van der Waals surface area (Å²) in [5.41, 5.74) is 2.15. The molecule has 0 spiro atoms. The molecule has 0 aliphatic heterocycles. The number of hydrogen-bond acceptors (Lipinski definition) is 5. The molecule has 0 saturated heterocycles. The zero-order valence-electron chi connectivity index (χ0n) is 11.4. The molecular weight excluding hydrogens is 240 g/mol. The van der Waals surface area contributed by atoms with E-state index in [4.69, 9.17) is 4.74 Å². The lowest BCUT2D eigenvalue weighted by Gasteiger charge is -2.11. The van der Waals surface area contributed by atoms with E-state index in [9.17, 15) is 0 Å². The van der Waals surface area contributed by atoms with Gasteiger partial charge in [-0.1, -0.05) is 6.92 Å². The van der Waals surface area contributed by atoms with Crippen LogP contribution in [0.3, 0.4) is 0 Å². The molecule has 0 bridgehead atoms. The first-order chi connectivity index (χ1) is 9.26. The Kier molecular flexibility index (Phi) is 4.18. The van der Waals surface area contributed by atoms with Gasteiger partial charge in [0.1, 0.15) is 23.7 Å². The van der Waals surface area contributed by atoms with Gasteiger partial charge in [-0.05, 0) is 30.2 Å². The first-order valence-corrected chi connectivity index (χ1v) is 6.20. The fraction of sp³-hybridized carbons (Fsp3) is 0.286. The van der Waals surface area contributed by atoms with Crippen LogP contribution in [0.15, 0.2) is 30.6 Å². The Labute approximate surface area is 113 Å². The fourth-order valence-electron chi connectivity index (χ4n) is 1.84. The van der Waals surface area contributed by atoms with Gasteiger partial charge in [0.05, 0.1) is 7.11 Å². The SMILES string of the molecule is CCc1cc(Nc2cc(NC)ncn2)ccc1OC. The summed E-state index contributed by atoms with van der Waals surface area (Å²) in [5.74, 6) is 2.44. The van der Waals surface area contributed by atoms with Crippen LogP contribution >= 0.6 is 0 Å². The van der Waals surface area contributed by atoms with Crippen molar-refractivity contribution < 1.29 is 4.74 Å². The maximum absolute atomic E-state index is 5.31. The Morgan fingerprint density at radius 3 is 2.63 bits per heavy atom. The van der Waals surface area contributed by atoms with Crippen molar-refractivity contribution in [3.05, 3.63) is 36.2 Å². The van der Waals surface area contributed by atoms with Gasteiger partial charge in [-0.3, -0.25) is 0 Å². The third-order valence-electron chi connectivity index (χ3n) is 2.86. The van der Waals surface area contributed by atoms with Gasteiger partial charge in [-0.2, -0.15) is 0 Å². The van der Waals surface area contributed by atoms with Crippen LogP contribution in [-0.2, 0) is 6.42 Å². The molecule has 5 heteroatoms. The van der Waals surface area contributed by atoms with Gasteiger partial charge in [0.15, 0.2) is 0 Å². The van der Waals surface area contributed by atoms with Crippen molar-refractivity contribution in [2.75, 3.05) is 24.8 Å². The quantitative estimate of drug-likeness (QED) is 0.863. The zero-order chi connectivity index (χ0) is 13.7. The lowest BCUT2D eigenvalue weighted by molar-refractivity contribution is 0.410. The van der Waals surface area contributed by atoms with E-state index in [1.807, 2.05) is 25.2 Å². The summed E-state index contributed by atoms with van der Waals surface area (Å²) in [6.45, 7) is 2.10. The van der Waals surface area contributed by atoms with Crippen LogP contribution in [0.25, 0.3) is 0 Å². The molecule has 5 nitrogen and oxygen atoms in total. The van der Waals surface area contributed by atoms with Crippen molar-refractivity contribution >= 4 is 17.3 Å². The average Bonchev–Trinajstić information content (AvgIpc) is 2.47. The Morgan fingerprint density at radius 1 is 1.16 bits per heavy atom. The van der Waals surface area contributed by atoms with E-state index in [1.165, 1.54) is 6.33 Å². The summed E-state index contributed by atoms with van der Waals surface area (Å²) in [5, 5.41) is 6.24. The monoisotopic (exact) mass is 258 g/mol. The summed E-state index contributed by atoms with van der Waals surface area (Å²) < 4.78 is 5.31. The van der Waals surface area contributed by atoms with Crippen LogP contribution in [0.2, 0.25) is 0 Å². The highest BCUT2D eigenvalue weighted by atomic mass is 16.5. The molecule has 0 fully saturated rings. The van der Waals surface area contributed by atoms with E-state index in [-0.39, 0.29) is 0 Å². The molecule has 0 unspecified atom stereocenters. The number of hydrogen-bond donors (Lipinski definition) is 2. The van der Waals surface area contributed by atoms with Crippen molar-refractivity contribution in [3.63, 3.8) is 0 Å². The molecule has 0 amide bonds. The minimum atomic E-state index is 0.756. The second-order valence-corrected chi connectivity index (χ2v) is 4.04. The second-order valence-electron chi connectivity index (χ2n) is 4.04. The molecule has 2 aromatic rings. The largest absolute Gasteiger partial charge is 0.496 e. The number of aromatic nitrogens is 2. The molecule has 0 atom stereocenters. The Hall–Kier alpha value is -2.30. The number of nitrogens with zero attached hydrogens (tertiary/aromatic N) is 2. The van der Waals surface area contributed by atoms with Crippen molar-refractivity contribution in [1.29, 1.82) is 0 Å². The molecule has 1 heterocycles. The fourth-order valence-corrected chi connectivity index (χ4v) is 1.84. The Bertz CT molecular complexity index is 557. The van der Waals surface area contributed by atoms with Gasteiger partial charge in [-0.15, -0.1) is 0 Å². The normalized spacial score (nSPS) is 10.1. The summed E-state index contributed by atoms with van der Waals surface area (Å²) in [6, 6.07) is 7.86. The third kappa shape index (κ3) is 3.13. The molecule has 100 valence electrons. The van der Waals surface area contributed by atoms with Gasteiger partial charge < -0.3 is 15.4 Å². The van der Waals surface area contributed by atoms with Crippen molar-refractivity contribution in [1.82, 2.24) is 9.97 Å². The lowest BCUT2D eigenvalue weighted by Crippen LogP contribution is -1.99. The highest BCUT2D eigenvalue weighted by Crippen LogP contribution is 2.25. The van der Waals surface area contributed by atoms with Crippen LogP contribution < -0.4 is 15.4 Å². The first kappa shape index (κ1) is 13.1. The maximum atomic E-state index is 5.31. The number of aryl methyl sites for hydroxylation is 1. The molecule has 1 aromatic heterocycles. The third-order valence-corrected chi connectivity index (χ3v) is 2.86. The van der Waals surface area contributed by atoms with E-state index in [0.717, 1.165) is 35.1 Å². The van der Waals surface area contributed by atoms with Gasteiger partial charge in [0, 0.05) is 18.8 Å². The standard InChI is InChI=1S/C14H18N4O/c1-4-10-7-11(5-6-12(10)19-3)18-14-8-13(15-2)16-9-17-14/h5-9H,4H2,1-3H3,(H2,15,16,17,18). The molecule has 0 aliphatic rings. The van der Waals surface area contributed by atoms with E-state index in [2.05, 4.69) is 33.6 Å². The van der Waals surface area contributed by atoms with Crippen molar-refractivity contribution in [2.45, 2.75) is 13.3 Å². The molecule has 0 aliphatic carbocycles. The van der Waals surface area contributed by atoms with Crippen molar-refractivity contribution in [3.8, 4) is 5.75 Å². The highest BCUT2D eigenvalue weighted by Gasteiger charge is 2.04. The zero-order valence-corrected chi connectivity index (χ0v) is 11.4. The number of nitrogens with one attached hydrogen (secondary N) is 2. The van der Waals surface area contributed by atoms with E-state index in [1.54, 1.807) is 7.11 Å². The maximum Gasteiger partial charge on any atom is 0.135 e. The molecule has 2 N–H and O–H groups in total. The first-order valence-electron chi connectivity index (χ1n) is 6.20. The van der Waals surface area contributed by atoms with E-state index in [0.29, 0.717) is 0 Å². The van der Waals surface area contributed by atoms with Crippen LogP contribution in [-0.4, -0.2) is 24.1 Å². The van der Waals surface area contributed by atoms with Crippen LogP contribution in [0, 0.1) is 0 Å². The lowest BCUT2D eigenvalue weighted by atomic mass is 10.1. The van der Waals surface area contributed by atoms with E-state index < -0.39 is 0 Å². The van der Waals surface area contributed by atoms with Crippen molar-refractivity contribution in [2.24, 2.45) is 0 Å². The molecule has 0 saturated carbocycles. The summed E-state index contributed by atoms with van der Waals surface area (Å²) >= 11 is 0. The van der Waals surface area contributed by atoms with Gasteiger partial charge >= 0.3 is 0 Å². The number of benzene rings is 1. The second kappa shape index (κ2) is 6.04. The smallest absolute Gasteiger partial charge is 0.135 e. The van der Waals surface area contributed by atoms with E-state index >= 15 is 0 Å². The number of methoxy groups -OCH3 is 1. The molecule has 2 rings (SSSR count). The predicted molar refractivity (Wildman–Crippen MR) is 77.2 cm³/mol. The molecule has 1 aromatic carbocycles. The number of anilines is 3. The average molecular weight is 258 g/mol. The topological polar surface area (TPSA) is 59.1 Å². The predicted octanol–water partition coefficient (Wildman–Crippen LogP) is 2.83. The highest BCUT2D eigenvalue weighted by molar-refractivity contribution is 5.61. The minimum Gasteiger partial charge on any atom is -0.496 e. The van der Waals surface area contributed by atoms with Crippen LogP contribution in [0.1, 0.15) is 12.5 Å². The summed E-state index contributed by atoms with van der Waals surface area (Å²) in [4.78, 5) is 8.27. The Morgan fingerprint density at radius 2 is 1.95 bits per heavy atom. The minimum absolute atomic E-state index is 0.756. The van der Waals surface area contributed by atoms with Gasteiger partial charge in [-0.25, -0.2) is 9.97 Å². The summed E-state index contributed by atoms with van der Waals surface area (Å²) in [7, 11) is 3.51. The van der Waals surface area contributed by atoms with Crippen LogP contribution in [0.5, 0.6) is 5.75 Å². The molecule has 0 radical (unpaired) electrons. The number of ether oxygens (including phenoxy) is 1. The van der Waals surface area contributed by atoms with Gasteiger partial charge in [0.2, 0.25) is 0 Å². The number of rotatable bonds is 5. The molecular formula is C14H18N4O.